The number of aromatic nitrogens is 2. The van der Waals surface area contributed by atoms with Gasteiger partial charge in [-0.2, -0.15) is 0 Å². The topological polar surface area (TPSA) is 39.1 Å². The van der Waals surface area contributed by atoms with Crippen LogP contribution in [0.1, 0.15) is 45.6 Å². The molecule has 0 spiro atoms. The van der Waals surface area contributed by atoms with Crippen molar-refractivity contribution in [3.8, 4) is 0 Å². The summed E-state index contributed by atoms with van der Waals surface area (Å²) in [6, 6.07) is 0.902. The van der Waals surface area contributed by atoms with E-state index in [4.69, 9.17) is 4.74 Å². The lowest BCUT2D eigenvalue weighted by Crippen LogP contribution is -2.27. The van der Waals surface area contributed by atoms with E-state index in [2.05, 4.69) is 28.7 Å². The van der Waals surface area contributed by atoms with E-state index in [9.17, 15) is 0 Å². The van der Waals surface area contributed by atoms with E-state index in [0.717, 1.165) is 11.9 Å². The summed E-state index contributed by atoms with van der Waals surface area (Å²) >= 11 is 0. The molecule has 1 atom stereocenters. The first-order chi connectivity index (χ1) is 8.70. The van der Waals surface area contributed by atoms with Crippen LogP contribution in [0.5, 0.6) is 0 Å². The van der Waals surface area contributed by atoms with E-state index in [1.54, 1.807) is 7.11 Å². The third kappa shape index (κ3) is 3.25. The van der Waals surface area contributed by atoms with Crippen LogP contribution in [0.15, 0.2) is 12.4 Å². The molecule has 0 aromatic carbocycles. The van der Waals surface area contributed by atoms with Gasteiger partial charge in [0, 0.05) is 25.5 Å². The highest BCUT2D eigenvalue weighted by molar-refractivity contribution is 5.28. The number of nitrogens with zero attached hydrogens (tertiary/aromatic N) is 2. The van der Waals surface area contributed by atoms with Crippen LogP contribution in [0.3, 0.4) is 0 Å². The molecular weight excluding hydrogens is 226 g/mol. The number of nitrogens with one attached hydrogen (secondary N) is 1. The van der Waals surface area contributed by atoms with Gasteiger partial charge in [0.1, 0.15) is 0 Å². The summed E-state index contributed by atoms with van der Waals surface area (Å²) in [5.74, 6) is 1.87. The maximum atomic E-state index is 5.21. The number of ether oxygens (including phenoxy) is 1. The minimum atomic E-state index is 0.322. The molecule has 0 bridgehead atoms. The second kappa shape index (κ2) is 6.23. The Morgan fingerprint density at radius 2 is 2.17 bits per heavy atom. The van der Waals surface area contributed by atoms with E-state index >= 15 is 0 Å². The predicted molar refractivity (Wildman–Crippen MR) is 73.9 cm³/mol. The Morgan fingerprint density at radius 3 is 2.83 bits per heavy atom. The third-order valence-electron chi connectivity index (χ3n) is 3.90. The smallest absolute Gasteiger partial charge is 0.203 e. The van der Waals surface area contributed by atoms with E-state index < -0.39 is 0 Å². The zero-order chi connectivity index (χ0) is 13.0. The minimum absolute atomic E-state index is 0.322. The SMILES string of the molecule is COCC(C)n1ccnc1NC1CCC(C)CC1. The normalized spacial score (nSPS) is 25.9. The number of imidazole rings is 1. The lowest BCUT2D eigenvalue weighted by atomic mass is 9.87. The van der Waals surface area contributed by atoms with Gasteiger partial charge in [0.05, 0.1) is 12.6 Å². The lowest BCUT2D eigenvalue weighted by Gasteiger charge is -2.28. The number of hydrogen-bond acceptors (Lipinski definition) is 3. The second-order valence-corrected chi connectivity index (χ2v) is 5.56. The highest BCUT2D eigenvalue weighted by Gasteiger charge is 2.20. The fourth-order valence-corrected chi connectivity index (χ4v) is 2.69. The number of anilines is 1. The first kappa shape index (κ1) is 13.4. The summed E-state index contributed by atoms with van der Waals surface area (Å²) in [5, 5.41) is 3.59. The zero-order valence-corrected chi connectivity index (χ0v) is 11.7. The van der Waals surface area contributed by atoms with Crippen LogP contribution in [0.4, 0.5) is 5.95 Å². The Balaban J connectivity index is 1.95. The van der Waals surface area contributed by atoms with Gasteiger partial charge in [-0.15, -0.1) is 0 Å². The molecule has 1 aromatic heterocycles. The summed E-state index contributed by atoms with van der Waals surface area (Å²) in [5.41, 5.74) is 0. The molecule has 1 unspecified atom stereocenters. The Bertz CT molecular complexity index is 356. The zero-order valence-electron chi connectivity index (χ0n) is 11.7. The largest absolute Gasteiger partial charge is 0.383 e. The molecule has 1 fully saturated rings. The van der Waals surface area contributed by atoms with Gasteiger partial charge < -0.3 is 14.6 Å². The van der Waals surface area contributed by atoms with Gasteiger partial charge >= 0.3 is 0 Å². The molecule has 1 aliphatic rings. The van der Waals surface area contributed by atoms with Crippen molar-refractivity contribution < 1.29 is 4.74 Å². The maximum absolute atomic E-state index is 5.21. The maximum Gasteiger partial charge on any atom is 0.203 e. The molecule has 1 aliphatic carbocycles. The van der Waals surface area contributed by atoms with E-state index in [0.29, 0.717) is 18.7 Å². The van der Waals surface area contributed by atoms with Gasteiger partial charge in [-0.3, -0.25) is 0 Å². The number of methoxy groups -OCH3 is 1. The molecule has 1 heterocycles. The van der Waals surface area contributed by atoms with Crippen molar-refractivity contribution in [3.63, 3.8) is 0 Å². The standard InChI is InChI=1S/C14H25N3O/c1-11-4-6-13(7-5-11)16-14-15-8-9-17(14)12(2)10-18-3/h8-9,11-13H,4-7,10H2,1-3H3,(H,15,16). The molecule has 1 saturated carbocycles. The monoisotopic (exact) mass is 251 g/mol. The molecule has 102 valence electrons. The molecule has 0 saturated heterocycles. The highest BCUT2D eigenvalue weighted by atomic mass is 16.5. The Kier molecular flexibility index (Phi) is 4.64. The molecule has 0 amide bonds. The van der Waals surface area contributed by atoms with Crippen molar-refractivity contribution in [2.45, 2.75) is 51.6 Å². The van der Waals surface area contributed by atoms with Crippen LogP contribution in [-0.4, -0.2) is 29.3 Å². The van der Waals surface area contributed by atoms with Gasteiger partial charge in [0.25, 0.3) is 0 Å². The van der Waals surface area contributed by atoms with Crippen LogP contribution >= 0.6 is 0 Å². The molecule has 4 nitrogen and oxygen atoms in total. The Labute approximate surface area is 110 Å². The molecule has 2 rings (SSSR count). The first-order valence-corrected chi connectivity index (χ1v) is 6.99. The lowest BCUT2D eigenvalue weighted by molar-refractivity contribution is 0.163. The highest BCUT2D eigenvalue weighted by Crippen LogP contribution is 2.26. The fraction of sp³-hybridized carbons (Fsp3) is 0.786. The molecule has 0 radical (unpaired) electrons. The average molecular weight is 251 g/mol. The molecular formula is C14H25N3O. The third-order valence-corrected chi connectivity index (χ3v) is 3.90. The summed E-state index contributed by atoms with van der Waals surface area (Å²) < 4.78 is 7.38. The van der Waals surface area contributed by atoms with Gasteiger partial charge in [0.2, 0.25) is 5.95 Å². The number of rotatable bonds is 5. The second-order valence-electron chi connectivity index (χ2n) is 5.56. The van der Waals surface area contributed by atoms with Gasteiger partial charge in [-0.1, -0.05) is 6.92 Å². The average Bonchev–Trinajstić information content (AvgIpc) is 2.81. The van der Waals surface area contributed by atoms with Crippen molar-refractivity contribution in [1.29, 1.82) is 0 Å². The quantitative estimate of drug-likeness (QED) is 0.874. The van der Waals surface area contributed by atoms with Crippen LogP contribution < -0.4 is 5.32 Å². The number of hydrogen-bond donors (Lipinski definition) is 1. The van der Waals surface area contributed by atoms with Crippen molar-refractivity contribution in [3.05, 3.63) is 12.4 Å². The van der Waals surface area contributed by atoms with Crippen LogP contribution in [0.25, 0.3) is 0 Å². The summed E-state index contributed by atoms with van der Waals surface area (Å²) in [6.07, 6.45) is 9.05. The Morgan fingerprint density at radius 1 is 1.44 bits per heavy atom. The molecule has 4 heteroatoms. The van der Waals surface area contributed by atoms with Crippen molar-refractivity contribution in [2.24, 2.45) is 5.92 Å². The predicted octanol–water partition coefficient (Wildman–Crippen LogP) is 3.08. The van der Waals surface area contributed by atoms with Crippen LogP contribution in [0, 0.1) is 5.92 Å². The van der Waals surface area contributed by atoms with Crippen LogP contribution in [0.2, 0.25) is 0 Å². The van der Waals surface area contributed by atoms with E-state index in [1.165, 1.54) is 25.7 Å². The first-order valence-electron chi connectivity index (χ1n) is 6.99. The van der Waals surface area contributed by atoms with Crippen molar-refractivity contribution in [1.82, 2.24) is 9.55 Å². The van der Waals surface area contributed by atoms with Gasteiger partial charge in [-0.25, -0.2) is 4.98 Å². The molecule has 0 aliphatic heterocycles. The van der Waals surface area contributed by atoms with E-state index in [-0.39, 0.29) is 0 Å². The summed E-state index contributed by atoms with van der Waals surface area (Å²) in [7, 11) is 1.74. The fourth-order valence-electron chi connectivity index (χ4n) is 2.69. The molecule has 1 aromatic rings. The van der Waals surface area contributed by atoms with Crippen molar-refractivity contribution >= 4 is 5.95 Å². The molecule has 18 heavy (non-hydrogen) atoms. The van der Waals surface area contributed by atoms with E-state index in [1.807, 2.05) is 12.4 Å². The summed E-state index contributed by atoms with van der Waals surface area (Å²) in [6.45, 7) is 5.21. The Hall–Kier alpha value is -1.03. The molecule has 1 N–H and O–H groups in total. The van der Waals surface area contributed by atoms with Crippen molar-refractivity contribution in [2.75, 3.05) is 19.0 Å². The van der Waals surface area contributed by atoms with Crippen LogP contribution in [-0.2, 0) is 4.74 Å². The summed E-state index contributed by atoms with van der Waals surface area (Å²) in [4.78, 5) is 4.43. The van der Waals surface area contributed by atoms with Gasteiger partial charge in [-0.05, 0) is 38.5 Å². The van der Waals surface area contributed by atoms with Gasteiger partial charge in [0.15, 0.2) is 0 Å². The minimum Gasteiger partial charge on any atom is -0.383 e.